The number of hydrogen-bond acceptors (Lipinski definition) is 5. The summed E-state index contributed by atoms with van der Waals surface area (Å²) in [5.41, 5.74) is 5.43. The molecule has 2 heterocycles. The molecule has 0 atom stereocenters. The van der Waals surface area contributed by atoms with Gasteiger partial charge in [0.15, 0.2) is 5.82 Å². The Morgan fingerprint density at radius 2 is 2.11 bits per heavy atom. The Morgan fingerprint density at radius 1 is 1.37 bits per heavy atom. The zero-order valence-corrected chi connectivity index (χ0v) is 12.5. The van der Waals surface area contributed by atoms with Crippen LogP contribution in [0.15, 0.2) is 40.0 Å². The molecule has 0 saturated carbocycles. The maximum Gasteiger partial charge on any atom is 0.264 e. The summed E-state index contributed by atoms with van der Waals surface area (Å²) in [6.45, 7) is 0. The van der Waals surface area contributed by atoms with Crippen LogP contribution in [0.5, 0.6) is 0 Å². The lowest BCUT2D eigenvalue weighted by Gasteiger charge is -2.08. The molecule has 19 heavy (non-hydrogen) atoms. The van der Waals surface area contributed by atoms with E-state index in [1.165, 1.54) is 12.3 Å². The monoisotopic (exact) mass is 362 g/mol. The Kier molecular flexibility index (Phi) is 3.93. The summed E-state index contributed by atoms with van der Waals surface area (Å²) in [5, 5.41) is 0.0722. The van der Waals surface area contributed by atoms with Crippen molar-refractivity contribution in [3.8, 4) is 0 Å². The van der Waals surface area contributed by atoms with E-state index >= 15 is 0 Å². The summed E-state index contributed by atoms with van der Waals surface area (Å²) in [7, 11) is -3.82. The van der Waals surface area contributed by atoms with Crippen LogP contribution in [-0.4, -0.2) is 18.4 Å². The lowest BCUT2D eigenvalue weighted by Crippen LogP contribution is -2.14. The molecule has 0 aliphatic rings. The fourth-order valence-electron chi connectivity index (χ4n) is 1.22. The minimum Gasteiger partial charge on any atom is -0.382 e. The standard InChI is InChI=1S/C10H8BrClN4O2S/c11-7-2-1-3-14-10(7)16-19(17,18)6-4-8(12)9(13)15-5-6/h1-5H,(H2,13,15)(H,14,16). The van der Waals surface area contributed by atoms with Crippen molar-refractivity contribution in [1.29, 1.82) is 0 Å². The van der Waals surface area contributed by atoms with Gasteiger partial charge in [-0.2, -0.15) is 0 Å². The largest absolute Gasteiger partial charge is 0.382 e. The average molecular weight is 364 g/mol. The minimum atomic E-state index is -3.82. The maximum atomic E-state index is 12.1. The number of sulfonamides is 1. The molecule has 2 aromatic rings. The summed E-state index contributed by atoms with van der Waals surface area (Å²) < 4.78 is 27.1. The van der Waals surface area contributed by atoms with Gasteiger partial charge in [-0.25, -0.2) is 18.4 Å². The van der Waals surface area contributed by atoms with Crippen LogP contribution in [0.2, 0.25) is 5.02 Å². The van der Waals surface area contributed by atoms with Gasteiger partial charge in [-0.1, -0.05) is 11.6 Å². The van der Waals surface area contributed by atoms with Gasteiger partial charge in [0.25, 0.3) is 10.0 Å². The molecule has 9 heteroatoms. The van der Waals surface area contributed by atoms with Crippen LogP contribution in [0, 0.1) is 0 Å². The molecule has 6 nitrogen and oxygen atoms in total. The van der Waals surface area contributed by atoms with Crippen molar-refractivity contribution in [2.75, 3.05) is 10.5 Å². The minimum absolute atomic E-state index is 0.0691. The molecule has 0 aliphatic heterocycles. The number of rotatable bonds is 3. The van der Waals surface area contributed by atoms with Crippen LogP contribution in [-0.2, 0) is 10.0 Å². The first-order chi connectivity index (χ1) is 8.90. The van der Waals surface area contributed by atoms with Gasteiger partial charge in [0.1, 0.15) is 10.7 Å². The maximum absolute atomic E-state index is 12.1. The van der Waals surface area contributed by atoms with E-state index in [-0.39, 0.29) is 21.6 Å². The molecule has 0 aliphatic carbocycles. The smallest absolute Gasteiger partial charge is 0.264 e. The van der Waals surface area contributed by atoms with Gasteiger partial charge in [0, 0.05) is 12.4 Å². The summed E-state index contributed by atoms with van der Waals surface area (Å²) in [6.07, 6.45) is 2.59. The SMILES string of the molecule is Nc1ncc(S(=O)(=O)Nc2ncccc2Br)cc1Cl. The highest BCUT2D eigenvalue weighted by Gasteiger charge is 2.18. The number of pyridine rings is 2. The van der Waals surface area contributed by atoms with Gasteiger partial charge in [0.05, 0.1) is 9.50 Å². The molecular weight excluding hydrogens is 356 g/mol. The third-order valence-electron chi connectivity index (χ3n) is 2.14. The number of hydrogen-bond donors (Lipinski definition) is 2. The molecule has 3 N–H and O–H groups in total. The number of nitrogens with two attached hydrogens (primary N) is 1. The third-order valence-corrected chi connectivity index (χ3v) is 4.39. The van der Waals surface area contributed by atoms with E-state index in [9.17, 15) is 8.42 Å². The summed E-state index contributed by atoms with van der Waals surface area (Å²) in [5.74, 6) is 0.245. The first kappa shape index (κ1) is 14.0. The molecule has 2 aromatic heterocycles. The van der Waals surface area contributed by atoms with Gasteiger partial charge in [0.2, 0.25) is 0 Å². The zero-order valence-electron chi connectivity index (χ0n) is 9.34. The van der Waals surface area contributed by atoms with E-state index < -0.39 is 10.0 Å². The van der Waals surface area contributed by atoms with Crippen molar-refractivity contribution in [3.63, 3.8) is 0 Å². The topological polar surface area (TPSA) is 98.0 Å². The fourth-order valence-corrected chi connectivity index (χ4v) is 2.94. The van der Waals surface area contributed by atoms with Crippen LogP contribution >= 0.6 is 27.5 Å². The van der Waals surface area contributed by atoms with Crippen LogP contribution in [0.4, 0.5) is 11.6 Å². The Labute approximate surface area is 123 Å². The van der Waals surface area contributed by atoms with E-state index in [4.69, 9.17) is 17.3 Å². The first-order valence-corrected chi connectivity index (χ1v) is 7.60. The Morgan fingerprint density at radius 3 is 2.74 bits per heavy atom. The van der Waals surface area contributed by atoms with Crippen LogP contribution in [0.1, 0.15) is 0 Å². The predicted molar refractivity (Wildman–Crippen MR) is 76.4 cm³/mol. The molecule has 0 spiro atoms. The van der Waals surface area contributed by atoms with Crippen molar-refractivity contribution >= 4 is 49.2 Å². The fraction of sp³-hybridized carbons (Fsp3) is 0. The number of nitrogen functional groups attached to an aromatic ring is 1. The molecule has 0 amide bonds. The van der Waals surface area contributed by atoms with E-state index in [0.717, 1.165) is 6.20 Å². The van der Waals surface area contributed by atoms with Gasteiger partial charge in [-0.15, -0.1) is 0 Å². The van der Waals surface area contributed by atoms with Crippen LogP contribution in [0.3, 0.4) is 0 Å². The van der Waals surface area contributed by atoms with Crippen molar-refractivity contribution < 1.29 is 8.42 Å². The number of nitrogens with one attached hydrogen (secondary N) is 1. The van der Waals surface area contributed by atoms with Crippen LogP contribution < -0.4 is 10.5 Å². The highest BCUT2D eigenvalue weighted by atomic mass is 79.9. The second-order valence-electron chi connectivity index (χ2n) is 3.48. The van der Waals surface area contributed by atoms with Crippen molar-refractivity contribution in [1.82, 2.24) is 9.97 Å². The van der Waals surface area contributed by atoms with E-state index in [1.807, 2.05) is 0 Å². The molecule has 100 valence electrons. The Hall–Kier alpha value is -1.38. The first-order valence-electron chi connectivity index (χ1n) is 4.94. The van der Waals surface area contributed by atoms with Crippen molar-refractivity contribution in [2.45, 2.75) is 4.90 Å². The molecule has 2 rings (SSSR count). The van der Waals surface area contributed by atoms with Gasteiger partial charge >= 0.3 is 0 Å². The summed E-state index contributed by atoms with van der Waals surface area (Å²) in [6, 6.07) is 4.56. The van der Waals surface area contributed by atoms with Crippen LogP contribution in [0.25, 0.3) is 0 Å². The zero-order chi connectivity index (χ0) is 14.0. The van der Waals surface area contributed by atoms with Crippen molar-refractivity contribution in [3.05, 3.63) is 40.1 Å². The quantitative estimate of drug-likeness (QED) is 0.871. The Balaban J connectivity index is 2.38. The van der Waals surface area contributed by atoms with Gasteiger partial charge in [-0.3, -0.25) is 4.72 Å². The normalized spacial score (nSPS) is 11.3. The number of halogens is 2. The van der Waals surface area contributed by atoms with E-state index in [2.05, 4.69) is 30.6 Å². The van der Waals surface area contributed by atoms with Gasteiger partial charge < -0.3 is 5.73 Å². The van der Waals surface area contributed by atoms with E-state index in [1.54, 1.807) is 12.1 Å². The molecule has 0 saturated heterocycles. The summed E-state index contributed by atoms with van der Waals surface area (Å²) >= 11 is 8.95. The van der Waals surface area contributed by atoms with E-state index in [0.29, 0.717) is 4.47 Å². The lowest BCUT2D eigenvalue weighted by atomic mass is 10.5. The third kappa shape index (κ3) is 3.14. The molecule has 0 bridgehead atoms. The molecular formula is C10H8BrClN4O2S. The Bertz CT molecular complexity index is 723. The lowest BCUT2D eigenvalue weighted by molar-refractivity contribution is 0.600. The van der Waals surface area contributed by atoms with Gasteiger partial charge in [-0.05, 0) is 34.1 Å². The number of aromatic nitrogens is 2. The highest BCUT2D eigenvalue weighted by molar-refractivity contribution is 9.10. The molecule has 0 radical (unpaired) electrons. The van der Waals surface area contributed by atoms with Crippen molar-refractivity contribution in [2.24, 2.45) is 0 Å². The highest BCUT2D eigenvalue weighted by Crippen LogP contribution is 2.24. The second kappa shape index (κ2) is 5.32. The second-order valence-corrected chi connectivity index (χ2v) is 6.42. The number of anilines is 2. The molecule has 0 aromatic carbocycles. The molecule has 0 unspecified atom stereocenters. The summed E-state index contributed by atoms with van der Waals surface area (Å²) in [4.78, 5) is 7.52. The predicted octanol–water partition coefficient (Wildman–Crippen LogP) is 2.28. The number of nitrogens with zero attached hydrogens (tertiary/aromatic N) is 2. The molecule has 0 fully saturated rings. The average Bonchev–Trinajstić information content (AvgIpc) is 2.35.